The maximum Gasteiger partial charge on any atom is 0.233 e. The molecule has 3 rings (SSSR count). The van der Waals surface area contributed by atoms with Gasteiger partial charge in [0.05, 0.1) is 16.9 Å². The first-order valence-electron chi connectivity index (χ1n) is 8.74. The van der Waals surface area contributed by atoms with Crippen molar-refractivity contribution in [2.24, 2.45) is 0 Å². The van der Waals surface area contributed by atoms with E-state index in [-0.39, 0.29) is 17.3 Å². The number of carbonyl (C=O) groups is 1. The van der Waals surface area contributed by atoms with Gasteiger partial charge in [0.2, 0.25) is 5.91 Å². The Kier molecular flexibility index (Phi) is 6.09. The molecule has 6 nitrogen and oxygen atoms in total. The highest BCUT2D eigenvalue weighted by Gasteiger charge is 2.20. The maximum atomic E-state index is 12.3. The number of carbonyl (C=O) groups excluding carboxylic acids is 1. The van der Waals surface area contributed by atoms with Crippen LogP contribution in [0.25, 0.3) is 10.9 Å². The summed E-state index contributed by atoms with van der Waals surface area (Å²) in [5, 5.41) is 7.57. The number of rotatable bonds is 7. The fourth-order valence-corrected chi connectivity index (χ4v) is 3.59. The van der Waals surface area contributed by atoms with E-state index in [0.29, 0.717) is 11.7 Å². The Morgan fingerprint density at radius 3 is 3.00 bits per heavy atom. The van der Waals surface area contributed by atoms with E-state index in [1.54, 1.807) is 0 Å². The summed E-state index contributed by atoms with van der Waals surface area (Å²) in [5.41, 5.74) is 0.878. The van der Waals surface area contributed by atoms with Gasteiger partial charge in [0.25, 0.3) is 0 Å². The number of para-hydroxylation sites is 1. The molecule has 2 N–H and O–H groups in total. The third-order valence-electron chi connectivity index (χ3n) is 4.11. The SMILES string of the molecule is CCNc1nc(S[C@@H](C)C(=O)NC[C@@H]2CCCO2)nc2ccccc12. The smallest absolute Gasteiger partial charge is 0.233 e. The third kappa shape index (κ3) is 4.61. The Labute approximate surface area is 152 Å². The molecule has 1 aromatic heterocycles. The quantitative estimate of drug-likeness (QED) is 0.584. The zero-order valence-corrected chi connectivity index (χ0v) is 15.4. The largest absolute Gasteiger partial charge is 0.376 e. The van der Waals surface area contributed by atoms with E-state index in [2.05, 4.69) is 20.6 Å². The minimum Gasteiger partial charge on any atom is -0.376 e. The van der Waals surface area contributed by atoms with Crippen LogP contribution in [-0.4, -0.2) is 46.9 Å². The monoisotopic (exact) mass is 360 g/mol. The van der Waals surface area contributed by atoms with Crippen molar-refractivity contribution in [1.29, 1.82) is 0 Å². The van der Waals surface area contributed by atoms with E-state index >= 15 is 0 Å². The number of benzene rings is 1. The number of anilines is 1. The Morgan fingerprint density at radius 2 is 2.24 bits per heavy atom. The molecule has 0 bridgehead atoms. The van der Waals surface area contributed by atoms with Crippen molar-refractivity contribution in [2.45, 2.75) is 43.2 Å². The summed E-state index contributed by atoms with van der Waals surface area (Å²) in [4.78, 5) is 21.5. The van der Waals surface area contributed by atoms with Gasteiger partial charge in [0, 0.05) is 25.1 Å². The summed E-state index contributed by atoms with van der Waals surface area (Å²) in [6, 6.07) is 7.89. The lowest BCUT2D eigenvalue weighted by atomic mass is 10.2. The summed E-state index contributed by atoms with van der Waals surface area (Å²) in [5.74, 6) is 0.796. The third-order valence-corrected chi connectivity index (χ3v) is 5.07. The molecule has 1 aromatic carbocycles. The highest BCUT2D eigenvalue weighted by atomic mass is 32.2. The lowest BCUT2D eigenvalue weighted by Gasteiger charge is -2.15. The molecule has 2 atom stereocenters. The van der Waals surface area contributed by atoms with E-state index in [4.69, 9.17) is 4.74 Å². The van der Waals surface area contributed by atoms with Gasteiger partial charge in [-0.2, -0.15) is 0 Å². The van der Waals surface area contributed by atoms with Crippen LogP contribution in [-0.2, 0) is 9.53 Å². The molecule has 7 heteroatoms. The van der Waals surface area contributed by atoms with Gasteiger partial charge in [-0.15, -0.1) is 0 Å². The molecule has 1 amide bonds. The lowest BCUT2D eigenvalue weighted by molar-refractivity contribution is -0.120. The zero-order chi connectivity index (χ0) is 17.6. The molecule has 134 valence electrons. The highest BCUT2D eigenvalue weighted by Crippen LogP contribution is 2.26. The summed E-state index contributed by atoms with van der Waals surface area (Å²) in [6.45, 7) is 6.06. The molecule has 1 saturated heterocycles. The normalized spacial score (nSPS) is 18.2. The Morgan fingerprint density at radius 1 is 1.40 bits per heavy atom. The van der Waals surface area contributed by atoms with Crippen molar-refractivity contribution in [3.8, 4) is 0 Å². The number of fused-ring (bicyclic) bond motifs is 1. The number of hydrogen-bond donors (Lipinski definition) is 2. The predicted molar refractivity (Wildman–Crippen MR) is 101 cm³/mol. The first kappa shape index (κ1) is 17.9. The molecule has 2 heterocycles. The van der Waals surface area contributed by atoms with Gasteiger partial charge in [0.1, 0.15) is 5.82 Å². The molecule has 1 fully saturated rings. The summed E-state index contributed by atoms with van der Waals surface area (Å²) < 4.78 is 5.54. The van der Waals surface area contributed by atoms with Gasteiger partial charge in [0.15, 0.2) is 5.16 Å². The number of amides is 1. The van der Waals surface area contributed by atoms with Crippen LogP contribution in [0.4, 0.5) is 5.82 Å². The van der Waals surface area contributed by atoms with Crippen LogP contribution in [0.15, 0.2) is 29.4 Å². The average Bonchev–Trinajstić information content (AvgIpc) is 3.13. The van der Waals surface area contributed by atoms with Gasteiger partial charge in [-0.05, 0) is 38.8 Å². The van der Waals surface area contributed by atoms with Gasteiger partial charge >= 0.3 is 0 Å². The van der Waals surface area contributed by atoms with Crippen molar-refractivity contribution < 1.29 is 9.53 Å². The summed E-state index contributed by atoms with van der Waals surface area (Å²) >= 11 is 1.37. The second-order valence-electron chi connectivity index (χ2n) is 6.04. The molecule has 0 aliphatic carbocycles. The number of aromatic nitrogens is 2. The van der Waals surface area contributed by atoms with E-state index in [0.717, 1.165) is 42.7 Å². The second-order valence-corrected chi connectivity index (χ2v) is 7.35. The topological polar surface area (TPSA) is 76.1 Å². The number of ether oxygens (including phenoxy) is 1. The van der Waals surface area contributed by atoms with Crippen LogP contribution in [0.3, 0.4) is 0 Å². The Bertz CT molecular complexity index is 734. The number of thioether (sulfide) groups is 1. The van der Waals surface area contributed by atoms with Crippen LogP contribution in [0.1, 0.15) is 26.7 Å². The van der Waals surface area contributed by atoms with Crippen molar-refractivity contribution >= 4 is 34.4 Å². The molecule has 0 radical (unpaired) electrons. The van der Waals surface area contributed by atoms with Gasteiger partial charge in [-0.3, -0.25) is 4.79 Å². The fourth-order valence-electron chi connectivity index (χ4n) is 2.79. The van der Waals surface area contributed by atoms with Crippen LogP contribution in [0.5, 0.6) is 0 Å². The van der Waals surface area contributed by atoms with Crippen molar-refractivity contribution in [1.82, 2.24) is 15.3 Å². The van der Waals surface area contributed by atoms with Crippen molar-refractivity contribution in [3.05, 3.63) is 24.3 Å². The predicted octanol–water partition coefficient (Wildman–Crippen LogP) is 2.84. The number of nitrogens with zero attached hydrogens (tertiary/aromatic N) is 2. The molecular weight excluding hydrogens is 336 g/mol. The standard InChI is InChI=1S/C18H24N4O2S/c1-3-19-16-14-8-4-5-9-15(14)21-18(22-16)25-12(2)17(23)20-11-13-7-6-10-24-13/h4-5,8-9,12-13H,3,6-7,10-11H2,1-2H3,(H,20,23)(H,19,21,22)/t12-,13-/m0/s1. The van der Waals surface area contributed by atoms with E-state index in [9.17, 15) is 4.79 Å². The van der Waals surface area contributed by atoms with Crippen molar-refractivity contribution in [2.75, 3.05) is 25.0 Å². The van der Waals surface area contributed by atoms with Crippen LogP contribution in [0.2, 0.25) is 0 Å². The minimum absolute atomic E-state index is 0.0118. The molecule has 1 aliphatic rings. The highest BCUT2D eigenvalue weighted by molar-refractivity contribution is 8.00. The molecule has 0 spiro atoms. The van der Waals surface area contributed by atoms with Crippen molar-refractivity contribution in [3.63, 3.8) is 0 Å². The molecule has 0 saturated carbocycles. The fraction of sp³-hybridized carbons (Fsp3) is 0.500. The minimum atomic E-state index is -0.267. The van der Waals surface area contributed by atoms with E-state index < -0.39 is 0 Å². The Hall–Kier alpha value is -1.86. The van der Waals surface area contributed by atoms with Gasteiger partial charge < -0.3 is 15.4 Å². The van der Waals surface area contributed by atoms with Gasteiger partial charge in [-0.1, -0.05) is 23.9 Å². The molecule has 0 unspecified atom stereocenters. The average molecular weight is 360 g/mol. The van der Waals surface area contributed by atoms with E-state index in [1.807, 2.05) is 38.1 Å². The zero-order valence-electron chi connectivity index (χ0n) is 14.6. The number of nitrogens with one attached hydrogen (secondary N) is 2. The van der Waals surface area contributed by atoms with E-state index in [1.165, 1.54) is 11.8 Å². The molecule has 1 aliphatic heterocycles. The number of hydrogen-bond acceptors (Lipinski definition) is 6. The Balaban J connectivity index is 1.67. The van der Waals surface area contributed by atoms with Crippen LogP contribution >= 0.6 is 11.8 Å². The second kappa shape index (κ2) is 8.49. The molecule has 25 heavy (non-hydrogen) atoms. The molecular formula is C18H24N4O2S. The van der Waals surface area contributed by atoms with Crippen LogP contribution in [0, 0.1) is 0 Å². The molecule has 2 aromatic rings. The first-order chi connectivity index (χ1) is 12.2. The maximum absolute atomic E-state index is 12.3. The van der Waals surface area contributed by atoms with Gasteiger partial charge in [-0.25, -0.2) is 9.97 Å². The summed E-state index contributed by atoms with van der Waals surface area (Å²) in [7, 11) is 0. The lowest BCUT2D eigenvalue weighted by Crippen LogP contribution is -2.36. The summed E-state index contributed by atoms with van der Waals surface area (Å²) in [6.07, 6.45) is 2.24. The first-order valence-corrected chi connectivity index (χ1v) is 9.62. The van der Waals surface area contributed by atoms with Crippen LogP contribution < -0.4 is 10.6 Å².